The van der Waals surface area contributed by atoms with Crippen LogP contribution in [0.15, 0.2) is 24.3 Å². The fraction of sp³-hybridized carbons (Fsp3) is 0.609. The lowest BCUT2D eigenvalue weighted by atomic mass is 9.53. The molecule has 0 atom stereocenters. The highest BCUT2D eigenvalue weighted by Crippen LogP contribution is 2.55. The number of anilines is 1. The average molecular weight is 399 g/mol. The van der Waals surface area contributed by atoms with Gasteiger partial charge in [-0.1, -0.05) is 25.5 Å². The lowest BCUT2D eigenvalue weighted by Crippen LogP contribution is -2.61. The fourth-order valence-electron chi connectivity index (χ4n) is 5.90. The Balaban J connectivity index is 1.39. The smallest absolute Gasteiger partial charge is 0.340 e. The number of hydrogen-bond donors (Lipinski definition) is 2. The summed E-state index contributed by atoms with van der Waals surface area (Å²) >= 11 is 0. The highest BCUT2D eigenvalue weighted by molar-refractivity contribution is 6.40. The number of hydrogen-bond acceptors (Lipinski definition) is 4. The number of carbonyl (C=O) groups is 3. The summed E-state index contributed by atoms with van der Waals surface area (Å²) in [6, 6.07) is 6.64. The Hall–Kier alpha value is -2.37. The normalized spacial score (nSPS) is 29.3. The molecule has 4 bridgehead atoms. The number of unbranched alkanes of at least 4 members (excludes halogenated alkanes) is 1. The number of nitrogens with one attached hydrogen (secondary N) is 2. The lowest BCUT2D eigenvalue weighted by Gasteiger charge is -2.56. The van der Waals surface area contributed by atoms with Crippen LogP contribution < -0.4 is 10.6 Å². The van der Waals surface area contributed by atoms with E-state index in [1.54, 1.807) is 24.3 Å². The minimum atomic E-state index is -0.727. The van der Waals surface area contributed by atoms with E-state index >= 15 is 0 Å². The Labute approximate surface area is 171 Å². The zero-order valence-electron chi connectivity index (χ0n) is 17.0. The van der Waals surface area contributed by atoms with E-state index in [9.17, 15) is 14.4 Å². The van der Waals surface area contributed by atoms with E-state index in [0.29, 0.717) is 30.0 Å². The van der Waals surface area contributed by atoms with Crippen LogP contribution in [0.4, 0.5) is 5.69 Å². The molecule has 29 heavy (non-hydrogen) atoms. The second kappa shape index (κ2) is 8.17. The Kier molecular flexibility index (Phi) is 5.61. The third-order valence-electron chi connectivity index (χ3n) is 6.75. The zero-order valence-corrected chi connectivity index (χ0v) is 17.0. The number of rotatable bonds is 6. The van der Waals surface area contributed by atoms with Crippen molar-refractivity contribution in [3.63, 3.8) is 0 Å². The van der Waals surface area contributed by atoms with Crippen molar-refractivity contribution in [2.75, 3.05) is 11.9 Å². The number of carbonyl (C=O) groups excluding carboxylic acids is 3. The summed E-state index contributed by atoms with van der Waals surface area (Å²) in [5.41, 5.74) is 0.348. The predicted molar refractivity (Wildman–Crippen MR) is 109 cm³/mol. The van der Waals surface area contributed by atoms with Gasteiger partial charge in [-0.3, -0.25) is 9.59 Å². The maximum Gasteiger partial charge on any atom is 0.340 e. The summed E-state index contributed by atoms with van der Waals surface area (Å²) in [4.78, 5) is 37.6. The molecule has 0 saturated heterocycles. The molecule has 5 rings (SSSR count). The zero-order chi connectivity index (χ0) is 20.4. The molecule has 0 spiro atoms. The molecule has 1 aromatic carbocycles. The summed E-state index contributed by atoms with van der Waals surface area (Å²) in [5.74, 6) is 0.223. The van der Waals surface area contributed by atoms with Gasteiger partial charge in [0.1, 0.15) is 0 Å². The minimum Gasteiger partial charge on any atom is -0.462 e. The minimum absolute atomic E-state index is 0.220. The molecular weight excluding hydrogens is 368 g/mol. The molecule has 0 aliphatic heterocycles. The van der Waals surface area contributed by atoms with Crippen LogP contribution in [0, 0.1) is 17.8 Å². The van der Waals surface area contributed by atoms with Crippen LogP contribution in [0.2, 0.25) is 0 Å². The van der Waals surface area contributed by atoms with Crippen LogP contribution in [0.25, 0.3) is 0 Å². The van der Waals surface area contributed by atoms with Gasteiger partial charge in [-0.25, -0.2) is 4.79 Å². The summed E-state index contributed by atoms with van der Waals surface area (Å²) in [6.07, 6.45) is 8.48. The highest BCUT2D eigenvalue weighted by atomic mass is 16.5. The van der Waals surface area contributed by atoms with E-state index in [0.717, 1.165) is 32.1 Å². The molecule has 0 heterocycles. The SMILES string of the molecule is CCCCOC(=O)c1ccccc1NC(=O)C(=O)NC12CC3CC(CC(C3)C1)C2. The van der Waals surface area contributed by atoms with Gasteiger partial charge in [-0.15, -0.1) is 0 Å². The van der Waals surface area contributed by atoms with Crippen LogP contribution in [0.1, 0.15) is 68.6 Å². The van der Waals surface area contributed by atoms with Crippen molar-refractivity contribution in [2.45, 2.75) is 63.8 Å². The molecule has 4 aliphatic carbocycles. The van der Waals surface area contributed by atoms with Crippen molar-refractivity contribution in [1.29, 1.82) is 0 Å². The van der Waals surface area contributed by atoms with E-state index in [4.69, 9.17) is 4.74 Å². The molecule has 1 aromatic rings. The second-order valence-electron chi connectivity index (χ2n) is 9.14. The third-order valence-corrected chi connectivity index (χ3v) is 6.75. The molecule has 6 heteroatoms. The first-order valence-corrected chi connectivity index (χ1v) is 10.9. The second-order valence-corrected chi connectivity index (χ2v) is 9.14. The van der Waals surface area contributed by atoms with Gasteiger partial charge >= 0.3 is 17.8 Å². The van der Waals surface area contributed by atoms with E-state index in [1.807, 2.05) is 6.92 Å². The summed E-state index contributed by atoms with van der Waals surface area (Å²) < 4.78 is 5.25. The van der Waals surface area contributed by atoms with E-state index in [2.05, 4.69) is 10.6 Å². The van der Waals surface area contributed by atoms with Crippen molar-refractivity contribution in [2.24, 2.45) is 17.8 Å². The molecule has 4 fully saturated rings. The van der Waals surface area contributed by atoms with Crippen molar-refractivity contribution < 1.29 is 19.1 Å². The van der Waals surface area contributed by atoms with Gasteiger partial charge in [0.15, 0.2) is 0 Å². The summed E-state index contributed by atoms with van der Waals surface area (Å²) in [7, 11) is 0. The standard InChI is InChI=1S/C23H30N2O4/c1-2-3-8-29-22(28)18-6-4-5-7-19(18)24-20(26)21(27)25-23-12-15-9-16(13-23)11-17(10-15)14-23/h4-7,15-17H,2-3,8-14H2,1H3,(H,24,26)(H,25,27). The highest BCUT2D eigenvalue weighted by Gasteiger charge is 2.51. The summed E-state index contributed by atoms with van der Waals surface area (Å²) in [6.45, 7) is 2.36. The van der Waals surface area contributed by atoms with Gasteiger partial charge in [0, 0.05) is 5.54 Å². The topological polar surface area (TPSA) is 84.5 Å². The first kappa shape index (κ1) is 19.9. The Morgan fingerprint density at radius 1 is 1.00 bits per heavy atom. The molecule has 0 unspecified atom stereocenters. The average Bonchev–Trinajstić information content (AvgIpc) is 2.67. The summed E-state index contributed by atoms with van der Waals surface area (Å²) in [5, 5.41) is 5.68. The monoisotopic (exact) mass is 398 g/mol. The molecule has 2 amide bonds. The van der Waals surface area contributed by atoms with Crippen LogP contribution in [0.3, 0.4) is 0 Å². The number of benzene rings is 1. The van der Waals surface area contributed by atoms with E-state index in [1.165, 1.54) is 19.3 Å². The molecule has 2 N–H and O–H groups in total. The Bertz CT molecular complexity index is 769. The maximum absolute atomic E-state index is 12.7. The molecule has 156 valence electrons. The van der Waals surface area contributed by atoms with Crippen LogP contribution >= 0.6 is 0 Å². The Morgan fingerprint density at radius 3 is 2.24 bits per heavy atom. The van der Waals surface area contributed by atoms with Gasteiger partial charge in [0.25, 0.3) is 0 Å². The molecular formula is C23H30N2O4. The van der Waals surface area contributed by atoms with Gasteiger partial charge in [0.05, 0.1) is 17.9 Å². The third kappa shape index (κ3) is 4.31. The Morgan fingerprint density at radius 2 is 1.62 bits per heavy atom. The van der Waals surface area contributed by atoms with Crippen molar-refractivity contribution >= 4 is 23.5 Å². The first-order chi connectivity index (χ1) is 14.0. The van der Waals surface area contributed by atoms with Crippen molar-refractivity contribution in [1.82, 2.24) is 5.32 Å². The lowest BCUT2D eigenvalue weighted by molar-refractivity contribution is -0.139. The van der Waals surface area contributed by atoms with Gasteiger partial charge < -0.3 is 15.4 Å². The van der Waals surface area contributed by atoms with Crippen molar-refractivity contribution in [3.05, 3.63) is 29.8 Å². The molecule has 4 saturated carbocycles. The molecule has 0 radical (unpaired) electrons. The van der Waals surface area contributed by atoms with Crippen LogP contribution in [0.5, 0.6) is 0 Å². The van der Waals surface area contributed by atoms with Gasteiger partial charge in [0.2, 0.25) is 0 Å². The van der Waals surface area contributed by atoms with Crippen LogP contribution in [-0.4, -0.2) is 29.9 Å². The molecule has 6 nitrogen and oxygen atoms in total. The van der Waals surface area contributed by atoms with Gasteiger partial charge in [-0.05, 0) is 74.8 Å². The molecule has 0 aromatic heterocycles. The first-order valence-electron chi connectivity index (χ1n) is 10.9. The largest absolute Gasteiger partial charge is 0.462 e. The van der Waals surface area contributed by atoms with Gasteiger partial charge in [-0.2, -0.15) is 0 Å². The number of ether oxygens (including phenoxy) is 1. The predicted octanol–water partition coefficient (Wildman–Crippen LogP) is 3.67. The quantitative estimate of drug-likeness (QED) is 0.435. The fourth-order valence-corrected chi connectivity index (χ4v) is 5.90. The van der Waals surface area contributed by atoms with E-state index in [-0.39, 0.29) is 11.1 Å². The maximum atomic E-state index is 12.7. The molecule has 4 aliphatic rings. The van der Waals surface area contributed by atoms with E-state index < -0.39 is 17.8 Å². The number of para-hydroxylation sites is 1. The number of amides is 2. The number of esters is 1. The van der Waals surface area contributed by atoms with Crippen molar-refractivity contribution in [3.8, 4) is 0 Å². The van der Waals surface area contributed by atoms with Crippen LogP contribution in [-0.2, 0) is 14.3 Å².